The van der Waals surface area contributed by atoms with Crippen molar-refractivity contribution in [2.75, 3.05) is 20.3 Å². The summed E-state index contributed by atoms with van der Waals surface area (Å²) in [6.45, 7) is 3.63. The normalized spacial score (nSPS) is 11.0. The lowest BCUT2D eigenvalue weighted by molar-refractivity contribution is -0.131. The minimum absolute atomic E-state index is 0.781. The highest BCUT2D eigenvalue weighted by Gasteiger charge is 2.03. The lowest BCUT2D eigenvalue weighted by Gasteiger charge is -2.09. The Morgan fingerprint density at radius 1 is 1.23 bits per heavy atom. The van der Waals surface area contributed by atoms with Crippen LogP contribution in [0.4, 0.5) is 0 Å². The van der Waals surface area contributed by atoms with Crippen molar-refractivity contribution in [3.05, 3.63) is 35.4 Å². The lowest BCUT2D eigenvalue weighted by atomic mass is 10.00. The number of benzene rings is 1. The highest BCUT2D eigenvalue weighted by molar-refractivity contribution is 5.85. The standard InChI is InChI=1S/C18H26O4/c1-3-22-13-7-5-4-6-8-16-14-17(21-2)11-9-15(16)10-12-18(19)20/h9-12,14H,3-8,13H2,1-2H3,(H,19,20). The molecule has 0 unspecified atom stereocenters. The second-order valence-electron chi connectivity index (χ2n) is 5.10. The maximum atomic E-state index is 10.7. The van der Waals surface area contributed by atoms with E-state index in [-0.39, 0.29) is 0 Å². The maximum absolute atomic E-state index is 10.7. The van der Waals surface area contributed by atoms with Gasteiger partial charge in [-0.05, 0) is 55.5 Å². The molecule has 1 aromatic carbocycles. The molecule has 0 atom stereocenters. The van der Waals surface area contributed by atoms with Crippen LogP contribution in [-0.2, 0) is 16.0 Å². The molecule has 0 fully saturated rings. The van der Waals surface area contributed by atoms with Crippen molar-refractivity contribution in [2.45, 2.75) is 39.0 Å². The van der Waals surface area contributed by atoms with Crippen molar-refractivity contribution in [1.29, 1.82) is 0 Å². The van der Waals surface area contributed by atoms with Gasteiger partial charge in [0.2, 0.25) is 0 Å². The van der Waals surface area contributed by atoms with E-state index in [4.69, 9.17) is 14.6 Å². The smallest absolute Gasteiger partial charge is 0.328 e. The Kier molecular flexibility index (Phi) is 9.00. The zero-order valence-corrected chi connectivity index (χ0v) is 13.5. The monoisotopic (exact) mass is 306 g/mol. The van der Waals surface area contributed by atoms with Crippen LogP contribution in [0, 0.1) is 0 Å². The van der Waals surface area contributed by atoms with Gasteiger partial charge in [0.1, 0.15) is 5.75 Å². The molecule has 1 aromatic rings. The van der Waals surface area contributed by atoms with Gasteiger partial charge in [0.05, 0.1) is 7.11 Å². The molecule has 0 saturated heterocycles. The van der Waals surface area contributed by atoms with Crippen LogP contribution in [0.1, 0.15) is 43.7 Å². The van der Waals surface area contributed by atoms with Gasteiger partial charge in [-0.15, -0.1) is 0 Å². The first-order valence-electron chi connectivity index (χ1n) is 7.83. The summed E-state index contributed by atoms with van der Waals surface area (Å²) in [5.74, 6) is -0.128. The Balaban J connectivity index is 2.53. The number of hydrogen-bond acceptors (Lipinski definition) is 3. The molecule has 1 N–H and O–H groups in total. The summed E-state index contributed by atoms with van der Waals surface area (Å²) in [6.07, 6.45) is 8.21. The van der Waals surface area contributed by atoms with E-state index in [2.05, 4.69) is 0 Å². The van der Waals surface area contributed by atoms with Crippen LogP contribution in [0.15, 0.2) is 24.3 Å². The van der Waals surface area contributed by atoms with Crippen molar-refractivity contribution in [3.8, 4) is 5.75 Å². The average Bonchev–Trinajstić information content (AvgIpc) is 2.52. The Labute approximate surface area is 132 Å². The molecule has 22 heavy (non-hydrogen) atoms. The molecule has 4 nitrogen and oxygen atoms in total. The van der Waals surface area contributed by atoms with Gasteiger partial charge in [-0.2, -0.15) is 0 Å². The third-order valence-electron chi connectivity index (χ3n) is 3.44. The largest absolute Gasteiger partial charge is 0.497 e. The molecule has 0 amide bonds. The second-order valence-corrected chi connectivity index (χ2v) is 5.10. The van der Waals surface area contributed by atoms with E-state index >= 15 is 0 Å². The van der Waals surface area contributed by atoms with Crippen molar-refractivity contribution >= 4 is 12.0 Å². The van der Waals surface area contributed by atoms with E-state index in [1.807, 2.05) is 25.1 Å². The van der Waals surface area contributed by atoms with Gasteiger partial charge in [0, 0.05) is 19.3 Å². The number of unbranched alkanes of at least 4 members (excludes halogenated alkanes) is 3. The number of hydrogen-bond donors (Lipinski definition) is 1. The zero-order valence-electron chi connectivity index (χ0n) is 13.5. The van der Waals surface area contributed by atoms with E-state index in [0.717, 1.165) is 62.2 Å². The summed E-state index contributed by atoms with van der Waals surface area (Å²) in [6, 6.07) is 5.75. The fourth-order valence-electron chi connectivity index (χ4n) is 2.27. The third kappa shape index (κ3) is 7.27. The number of rotatable bonds is 11. The predicted molar refractivity (Wildman–Crippen MR) is 88.3 cm³/mol. The molecular formula is C18H26O4. The van der Waals surface area contributed by atoms with Crippen LogP contribution in [0.25, 0.3) is 6.08 Å². The highest BCUT2D eigenvalue weighted by atomic mass is 16.5. The predicted octanol–water partition coefficient (Wildman–Crippen LogP) is 3.93. The van der Waals surface area contributed by atoms with Crippen molar-refractivity contribution < 1.29 is 19.4 Å². The Hall–Kier alpha value is -1.81. The molecule has 0 heterocycles. The fraction of sp³-hybridized carbons (Fsp3) is 0.500. The first-order chi connectivity index (χ1) is 10.7. The third-order valence-corrected chi connectivity index (χ3v) is 3.44. The summed E-state index contributed by atoms with van der Waals surface area (Å²) < 4.78 is 10.6. The van der Waals surface area contributed by atoms with E-state index < -0.39 is 5.97 Å². The Morgan fingerprint density at radius 2 is 2.00 bits per heavy atom. The van der Waals surface area contributed by atoms with Crippen LogP contribution >= 0.6 is 0 Å². The first-order valence-corrected chi connectivity index (χ1v) is 7.83. The lowest BCUT2D eigenvalue weighted by Crippen LogP contribution is -1.95. The van der Waals surface area contributed by atoms with Gasteiger partial charge in [-0.3, -0.25) is 0 Å². The van der Waals surface area contributed by atoms with Crippen LogP contribution < -0.4 is 4.74 Å². The molecule has 0 aliphatic carbocycles. The average molecular weight is 306 g/mol. The number of ether oxygens (including phenoxy) is 2. The summed E-state index contributed by atoms with van der Waals surface area (Å²) >= 11 is 0. The van der Waals surface area contributed by atoms with Crippen molar-refractivity contribution in [2.24, 2.45) is 0 Å². The van der Waals surface area contributed by atoms with Crippen molar-refractivity contribution in [3.63, 3.8) is 0 Å². The molecule has 0 aliphatic heterocycles. The SMILES string of the molecule is CCOCCCCCCc1cc(OC)ccc1C=CC(=O)O. The molecule has 0 bridgehead atoms. The molecule has 4 heteroatoms. The van der Waals surface area contributed by atoms with Crippen LogP contribution in [0.3, 0.4) is 0 Å². The summed E-state index contributed by atoms with van der Waals surface area (Å²) in [7, 11) is 1.64. The first kappa shape index (κ1) is 18.2. The number of carboxylic acids is 1. The number of methoxy groups -OCH3 is 1. The quantitative estimate of drug-likeness (QED) is 0.497. The van der Waals surface area contributed by atoms with E-state index in [1.54, 1.807) is 13.2 Å². The zero-order chi connectivity index (χ0) is 16.2. The number of carbonyl (C=O) groups is 1. The van der Waals surface area contributed by atoms with Gasteiger partial charge < -0.3 is 14.6 Å². The van der Waals surface area contributed by atoms with Gasteiger partial charge in [-0.25, -0.2) is 4.79 Å². The molecule has 122 valence electrons. The fourth-order valence-corrected chi connectivity index (χ4v) is 2.27. The van der Waals surface area contributed by atoms with Gasteiger partial charge in [0.25, 0.3) is 0 Å². The molecule has 1 rings (SSSR count). The summed E-state index contributed by atoms with van der Waals surface area (Å²) in [5, 5.41) is 8.76. The van der Waals surface area contributed by atoms with Crippen LogP contribution in [0.2, 0.25) is 0 Å². The number of carboxylic acid groups (broad SMARTS) is 1. The summed E-state index contributed by atoms with van der Waals surface area (Å²) in [5.41, 5.74) is 2.07. The Bertz CT molecular complexity index is 480. The minimum atomic E-state index is -0.933. The van der Waals surface area contributed by atoms with E-state index in [9.17, 15) is 4.79 Å². The molecule has 0 aliphatic rings. The van der Waals surface area contributed by atoms with Crippen LogP contribution in [-0.4, -0.2) is 31.4 Å². The molecular weight excluding hydrogens is 280 g/mol. The number of aliphatic carboxylic acids is 1. The topological polar surface area (TPSA) is 55.8 Å². The molecule has 0 radical (unpaired) electrons. The Morgan fingerprint density at radius 3 is 2.68 bits per heavy atom. The van der Waals surface area contributed by atoms with E-state index in [0.29, 0.717) is 0 Å². The molecule has 0 aromatic heterocycles. The van der Waals surface area contributed by atoms with Gasteiger partial charge >= 0.3 is 5.97 Å². The highest BCUT2D eigenvalue weighted by Crippen LogP contribution is 2.21. The number of aryl methyl sites for hydroxylation is 1. The van der Waals surface area contributed by atoms with Gasteiger partial charge in [0.15, 0.2) is 0 Å². The molecule has 0 spiro atoms. The molecule has 0 saturated carbocycles. The van der Waals surface area contributed by atoms with Crippen LogP contribution in [0.5, 0.6) is 5.75 Å². The van der Waals surface area contributed by atoms with E-state index in [1.165, 1.54) is 6.08 Å². The summed E-state index contributed by atoms with van der Waals surface area (Å²) in [4.78, 5) is 10.7. The minimum Gasteiger partial charge on any atom is -0.497 e. The van der Waals surface area contributed by atoms with Gasteiger partial charge in [-0.1, -0.05) is 18.9 Å². The van der Waals surface area contributed by atoms with Crippen molar-refractivity contribution in [1.82, 2.24) is 0 Å². The maximum Gasteiger partial charge on any atom is 0.328 e. The second kappa shape index (κ2) is 10.9.